The third-order valence-corrected chi connectivity index (χ3v) is 8.12. The van der Waals surface area contributed by atoms with Crippen LogP contribution in [0.4, 0.5) is 19.0 Å². The van der Waals surface area contributed by atoms with Crippen LogP contribution in [0.3, 0.4) is 0 Å². The van der Waals surface area contributed by atoms with E-state index in [9.17, 15) is 18.0 Å². The van der Waals surface area contributed by atoms with Gasteiger partial charge in [0.25, 0.3) is 0 Å². The van der Waals surface area contributed by atoms with Crippen molar-refractivity contribution in [3.63, 3.8) is 0 Å². The third kappa shape index (κ3) is 4.68. The van der Waals surface area contributed by atoms with E-state index in [4.69, 9.17) is 9.47 Å². The van der Waals surface area contributed by atoms with Crippen LogP contribution in [-0.4, -0.2) is 41.2 Å². The summed E-state index contributed by atoms with van der Waals surface area (Å²) in [4.78, 5) is 21.9. The number of benzene rings is 1. The zero-order valence-electron chi connectivity index (χ0n) is 21.1. The summed E-state index contributed by atoms with van der Waals surface area (Å²) in [5.41, 5.74) is 2.42. The van der Waals surface area contributed by atoms with Gasteiger partial charge in [-0.25, -0.2) is 9.78 Å². The number of rotatable bonds is 7. The Hall–Kier alpha value is -3.33. The zero-order valence-corrected chi connectivity index (χ0v) is 21.1. The monoisotopic (exact) mass is 525 g/mol. The number of alkyl halides is 3. The molecule has 2 saturated heterocycles. The minimum Gasteiger partial charge on any atom is -0.465 e. The molecule has 3 aromatic rings. The topological polar surface area (TPSA) is 67.4 Å². The van der Waals surface area contributed by atoms with Crippen LogP contribution < -0.4 is 4.90 Å². The van der Waals surface area contributed by atoms with Gasteiger partial charge in [-0.1, -0.05) is 18.2 Å². The maximum Gasteiger partial charge on any atom is 0.417 e. The van der Waals surface area contributed by atoms with E-state index in [1.54, 1.807) is 30.6 Å². The highest BCUT2D eigenvalue weighted by atomic mass is 19.4. The van der Waals surface area contributed by atoms with Gasteiger partial charge in [-0.15, -0.1) is 0 Å². The predicted molar refractivity (Wildman–Crippen MR) is 136 cm³/mol. The summed E-state index contributed by atoms with van der Waals surface area (Å²) < 4.78 is 52.6. The summed E-state index contributed by atoms with van der Waals surface area (Å²) in [6.07, 6.45) is 4.66. The van der Waals surface area contributed by atoms with Gasteiger partial charge in [0.05, 0.1) is 30.9 Å². The molecule has 9 heteroatoms. The molecule has 4 heterocycles. The first-order valence-corrected chi connectivity index (χ1v) is 13.1. The van der Waals surface area contributed by atoms with Crippen molar-refractivity contribution in [1.29, 1.82) is 0 Å². The molecule has 1 N–H and O–H groups in total. The molecule has 1 aliphatic carbocycles. The number of aromatic nitrogens is 2. The van der Waals surface area contributed by atoms with Gasteiger partial charge >= 0.3 is 12.1 Å². The molecule has 0 spiro atoms. The van der Waals surface area contributed by atoms with E-state index in [1.807, 2.05) is 6.07 Å². The van der Waals surface area contributed by atoms with Crippen molar-refractivity contribution in [3.8, 4) is 11.1 Å². The molecule has 38 heavy (non-hydrogen) atoms. The number of pyridine rings is 1. The van der Waals surface area contributed by atoms with Crippen LogP contribution in [0.15, 0.2) is 48.8 Å². The van der Waals surface area contributed by atoms with Gasteiger partial charge in [-0.05, 0) is 68.2 Å². The Morgan fingerprint density at radius 3 is 2.42 bits per heavy atom. The van der Waals surface area contributed by atoms with Gasteiger partial charge in [0.1, 0.15) is 5.82 Å². The van der Waals surface area contributed by atoms with Crippen molar-refractivity contribution in [2.45, 2.75) is 75.4 Å². The largest absolute Gasteiger partial charge is 0.465 e. The standard InChI is InChI=1S/C29H30F3N3O3/c1-37-28(36)18-8-11-26(33-14-18)35-19-9-10-20(35)13-21(12-19)38-16-24-23(15-34-27(24)17-6-7-17)22-4-2-3-5-25(22)29(30,31)32/h2-5,8,11,14-15,17,19-21,34H,6-7,9-10,12-13,16H2,1H3. The highest BCUT2D eigenvalue weighted by Gasteiger charge is 2.42. The first-order chi connectivity index (χ1) is 18.3. The summed E-state index contributed by atoms with van der Waals surface area (Å²) in [6, 6.07) is 9.92. The molecule has 6 nitrogen and oxygen atoms in total. The molecule has 6 rings (SSSR count). The summed E-state index contributed by atoms with van der Waals surface area (Å²) >= 11 is 0. The van der Waals surface area contributed by atoms with Crippen molar-refractivity contribution < 1.29 is 27.4 Å². The Balaban J connectivity index is 1.19. The number of nitrogens with one attached hydrogen (secondary N) is 1. The molecule has 2 aromatic heterocycles. The number of ether oxygens (including phenoxy) is 2. The molecule has 2 bridgehead atoms. The Kier molecular flexibility index (Phi) is 6.42. The van der Waals surface area contributed by atoms with Gasteiger partial charge < -0.3 is 19.4 Å². The van der Waals surface area contributed by atoms with Crippen LogP contribution >= 0.6 is 0 Å². The Morgan fingerprint density at radius 1 is 1.05 bits per heavy atom. The number of esters is 1. The molecule has 3 aliphatic rings. The Morgan fingerprint density at radius 2 is 1.79 bits per heavy atom. The lowest BCUT2D eigenvalue weighted by molar-refractivity contribution is -0.137. The van der Waals surface area contributed by atoms with Crippen molar-refractivity contribution in [3.05, 3.63) is 71.2 Å². The molecule has 1 aromatic carbocycles. The fourth-order valence-electron chi connectivity index (χ4n) is 6.18. The summed E-state index contributed by atoms with van der Waals surface area (Å²) in [7, 11) is 1.35. The number of anilines is 1. The van der Waals surface area contributed by atoms with Gasteiger partial charge in [0.2, 0.25) is 0 Å². The van der Waals surface area contributed by atoms with E-state index in [0.717, 1.165) is 61.7 Å². The van der Waals surface area contributed by atoms with Crippen LogP contribution in [0.5, 0.6) is 0 Å². The van der Waals surface area contributed by atoms with E-state index >= 15 is 0 Å². The van der Waals surface area contributed by atoms with E-state index in [0.29, 0.717) is 17.0 Å². The van der Waals surface area contributed by atoms with E-state index in [2.05, 4.69) is 14.9 Å². The molecule has 0 amide bonds. The summed E-state index contributed by atoms with van der Waals surface area (Å²) in [5.74, 6) is 0.792. The first-order valence-electron chi connectivity index (χ1n) is 13.1. The molecule has 0 radical (unpaired) electrons. The van der Waals surface area contributed by atoms with Gasteiger partial charge in [0.15, 0.2) is 0 Å². The Bertz CT molecular complexity index is 1300. The van der Waals surface area contributed by atoms with Gasteiger partial charge in [0, 0.05) is 41.3 Å². The van der Waals surface area contributed by atoms with E-state index < -0.39 is 17.7 Å². The highest BCUT2D eigenvalue weighted by Crippen LogP contribution is 2.46. The van der Waals surface area contributed by atoms with Crippen LogP contribution in [0.1, 0.15) is 71.6 Å². The lowest BCUT2D eigenvalue weighted by Gasteiger charge is -2.39. The lowest BCUT2D eigenvalue weighted by Crippen LogP contribution is -2.46. The molecule has 200 valence electrons. The Labute approximate surface area is 219 Å². The van der Waals surface area contributed by atoms with Crippen molar-refractivity contribution in [2.75, 3.05) is 12.0 Å². The molecule has 2 aliphatic heterocycles. The van der Waals surface area contributed by atoms with Crippen LogP contribution in [0.2, 0.25) is 0 Å². The SMILES string of the molecule is COC(=O)c1ccc(N2C3CCC2CC(OCc2c(-c4ccccc4C(F)(F)F)c[nH]c2C2CC2)C3)nc1. The van der Waals surface area contributed by atoms with Crippen molar-refractivity contribution in [2.24, 2.45) is 0 Å². The number of piperidine rings is 1. The van der Waals surface area contributed by atoms with Crippen LogP contribution in [0.25, 0.3) is 11.1 Å². The number of H-pyrrole nitrogens is 1. The minimum atomic E-state index is -4.43. The number of hydrogen-bond donors (Lipinski definition) is 1. The number of aromatic amines is 1. The zero-order chi connectivity index (χ0) is 26.4. The average Bonchev–Trinajstić information content (AvgIpc) is 3.62. The minimum absolute atomic E-state index is 0.0192. The number of nitrogens with zero attached hydrogens (tertiary/aromatic N) is 2. The summed E-state index contributed by atoms with van der Waals surface area (Å²) in [5, 5.41) is 0. The number of carbonyl (C=O) groups is 1. The van der Waals surface area contributed by atoms with Crippen molar-refractivity contribution >= 4 is 11.8 Å². The second-order valence-electron chi connectivity index (χ2n) is 10.5. The van der Waals surface area contributed by atoms with Crippen LogP contribution in [0, 0.1) is 0 Å². The van der Waals surface area contributed by atoms with Crippen LogP contribution in [-0.2, 0) is 22.3 Å². The van der Waals surface area contributed by atoms with Gasteiger partial charge in [-0.2, -0.15) is 13.2 Å². The third-order valence-electron chi connectivity index (χ3n) is 8.12. The first kappa shape index (κ1) is 25.0. The molecular formula is C29H30F3N3O3. The quantitative estimate of drug-likeness (QED) is 0.358. The van der Waals surface area contributed by atoms with Crippen molar-refractivity contribution in [1.82, 2.24) is 9.97 Å². The lowest BCUT2D eigenvalue weighted by atomic mass is 9.96. The number of carbonyl (C=O) groups excluding carboxylic acids is 1. The molecule has 2 unspecified atom stereocenters. The highest BCUT2D eigenvalue weighted by molar-refractivity contribution is 5.89. The smallest absolute Gasteiger partial charge is 0.417 e. The normalized spacial score (nSPS) is 23.1. The predicted octanol–water partition coefficient (Wildman–Crippen LogP) is 6.48. The molecular weight excluding hydrogens is 495 g/mol. The maximum atomic E-state index is 13.8. The second-order valence-corrected chi connectivity index (χ2v) is 10.5. The average molecular weight is 526 g/mol. The fraction of sp³-hybridized carbons (Fsp3) is 0.448. The maximum absolute atomic E-state index is 13.8. The van der Waals surface area contributed by atoms with E-state index in [1.165, 1.54) is 13.2 Å². The van der Waals surface area contributed by atoms with E-state index in [-0.39, 0.29) is 30.4 Å². The molecule has 1 saturated carbocycles. The molecule has 3 fully saturated rings. The number of methoxy groups -OCH3 is 1. The fourth-order valence-corrected chi connectivity index (χ4v) is 6.18. The second kappa shape index (κ2) is 9.76. The summed E-state index contributed by atoms with van der Waals surface area (Å²) in [6.45, 7) is 0.285. The number of fused-ring (bicyclic) bond motifs is 2. The number of halogens is 3. The number of hydrogen-bond acceptors (Lipinski definition) is 5. The van der Waals surface area contributed by atoms with Gasteiger partial charge in [-0.3, -0.25) is 0 Å². The molecule has 2 atom stereocenters.